The first kappa shape index (κ1) is 10.9. The lowest BCUT2D eigenvalue weighted by Gasteiger charge is -1.88. The average molecular weight is 379 g/mol. The molecule has 3 rings (SSSR count). The van der Waals surface area contributed by atoms with Gasteiger partial charge in [-0.25, -0.2) is 9.97 Å². The van der Waals surface area contributed by atoms with Crippen LogP contribution in [0.2, 0.25) is 5.15 Å². The van der Waals surface area contributed by atoms with E-state index < -0.39 is 0 Å². The summed E-state index contributed by atoms with van der Waals surface area (Å²) in [5.41, 5.74) is 2.15. The number of hydrogen-bond acceptors (Lipinski definition) is 4. The summed E-state index contributed by atoms with van der Waals surface area (Å²) in [5.74, 6) is 0. The number of nitrogens with zero attached hydrogens (tertiary/aromatic N) is 2. The number of rotatable bonds is 1. The van der Waals surface area contributed by atoms with Crippen LogP contribution in [-0.4, -0.2) is 9.97 Å². The van der Waals surface area contributed by atoms with Crippen LogP contribution >= 0.6 is 56.9 Å². The third-order valence-electron chi connectivity index (χ3n) is 2.12. The van der Waals surface area contributed by atoms with Crippen molar-refractivity contribution in [1.82, 2.24) is 9.97 Å². The SMILES string of the molecule is Clc1ncnc2cc(-c3csc(I)c3)sc12. The van der Waals surface area contributed by atoms with Crippen LogP contribution in [0.1, 0.15) is 0 Å². The molecule has 0 radical (unpaired) electrons. The van der Waals surface area contributed by atoms with Gasteiger partial charge in [-0.2, -0.15) is 0 Å². The Hall–Kier alpha value is -0.240. The second-order valence-corrected chi connectivity index (χ2v) is 7.34. The molecule has 0 spiro atoms. The molecule has 6 heteroatoms. The molecule has 0 aliphatic carbocycles. The molecule has 0 saturated carbocycles. The topological polar surface area (TPSA) is 25.8 Å². The molecule has 3 aromatic heterocycles. The molecular weight excluding hydrogens is 375 g/mol. The summed E-state index contributed by atoms with van der Waals surface area (Å²) < 4.78 is 2.24. The van der Waals surface area contributed by atoms with Crippen molar-refractivity contribution in [2.24, 2.45) is 0 Å². The third kappa shape index (κ3) is 1.85. The normalized spacial score (nSPS) is 11.1. The lowest BCUT2D eigenvalue weighted by Crippen LogP contribution is -1.76. The minimum absolute atomic E-state index is 0.533. The molecule has 0 saturated heterocycles. The fraction of sp³-hybridized carbons (Fsp3) is 0. The van der Waals surface area contributed by atoms with E-state index in [0.29, 0.717) is 5.15 Å². The van der Waals surface area contributed by atoms with Gasteiger partial charge in [-0.3, -0.25) is 0 Å². The Morgan fingerprint density at radius 3 is 2.81 bits per heavy atom. The van der Waals surface area contributed by atoms with E-state index in [2.05, 4.69) is 50.1 Å². The lowest BCUT2D eigenvalue weighted by atomic mass is 10.3. The number of hydrogen-bond donors (Lipinski definition) is 0. The summed E-state index contributed by atoms with van der Waals surface area (Å²) in [6.07, 6.45) is 1.50. The fourth-order valence-corrected chi connectivity index (χ4v) is 4.06. The van der Waals surface area contributed by atoms with E-state index in [1.165, 1.54) is 19.7 Å². The van der Waals surface area contributed by atoms with Crippen LogP contribution in [0.4, 0.5) is 0 Å². The van der Waals surface area contributed by atoms with Gasteiger partial charge < -0.3 is 0 Å². The molecule has 0 aromatic carbocycles. The van der Waals surface area contributed by atoms with Crippen molar-refractivity contribution >= 4 is 67.1 Å². The molecule has 0 atom stereocenters. The minimum Gasteiger partial charge on any atom is -0.235 e. The molecule has 3 heterocycles. The Morgan fingerprint density at radius 2 is 2.12 bits per heavy atom. The van der Waals surface area contributed by atoms with E-state index in [1.54, 1.807) is 22.7 Å². The smallest absolute Gasteiger partial charge is 0.150 e. The van der Waals surface area contributed by atoms with Crippen LogP contribution in [-0.2, 0) is 0 Å². The van der Waals surface area contributed by atoms with Gasteiger partial charge in [-0.05, 0) is 34.7 Å². The predicted octanol–water partition coefficient (Wildman–Crippen LogP) is 4.68. The van der Waals surface area contributed by atoms with Gasteiger partial charge in [0, 0.05) is 15.8 Å². The summed E-state index contributed by atoms with van der Waals surface area (Å²) in [5, 5.41) is 2.68. The summed E-state index contributed by atoms with van der Waals surface area (Å²) in [6.45, 7) is 0. The van der Waals surface area contributed by atoms with Crippen molar-refractivity contribution in [3.05, 3.63) is 31.9 Å². The van der Waals surface area contributed by atoms with E-state index >= 15 is 0 Å². The van der Waals surface area contributed by atoms with E-state index in [9.17, 15) is 0 Å². The van der Waals surface area contributed by atoms with Crippen molar-refractivity contribution in [3.8, 4) is 10.4 Å². The summed E-state index contributed by atoms with van der Waals surface area (Å²) in [6, 6.07) is 4.23. The molecule has 0 bridgehead atoms. The molecular formula is C10H4ClIN2S2. The Kier molecular flexibility index (Phi) is 2.87. The zero-order chi connectivity index (χ0) is 11.1. The molecule has 0 fully saturated rings. The summed E-state index contributed by atoms with van der Waals surface area (Å²) in [4.78, 5) is 9.39. The molecule has 3 aromatic rings. The maximum Gasteiger partial charge on any atom is 0.150 e. The number of aromatic nitrogens is 2. The highest BCUT2D eigenvalue weighted by Crippen LogP contribution is 2.37. The number of thiophene rings is 2. The van der Waals surface area contributed by atoms with Gasteiger partial charge in [0.15, 0.2) is 0 Å². The zero-order valence-corrected chi connectivity index (χ0v) is 12.3. The monoisotopic (exact) mass is 378 g/mol. The van der Waals surface area contributed by atoms with Gasteiger partial charge in [0.2, 0.25) is 0 Å². The standard InChI is InChI=1S/C10H4ClIN2S2/c11-10-9-6(13-4-14-10)2-7(16-9)5-1-8(12)15-3-5/h1-4H. The van der Waals surface area contributed by atoms with Crippen LogP contribution < -0.4 is 0 Å². The molecule has 80 valence electrons. The first-order valence-electron chi connectivity index (χ1n) is 4.38. The highest BCUT2D eigenvalue weighted by Gasteiger charge is 2.09. The average Bonchev–Trinajstić information content (AvgIpc) is 2.84. The van der Waals surface area contributed by atoms with Gasteiger partial charge in [-0.1, -0.05) is 11.6 Å². The van der Waals surface area contributed by atoms with Crippen molar-refractivity contribution in [2.45, 2.75) is 0 Å². The van der Waals surface area contributed by atoms with Crippen LogP contribution in [0.3, 0.4) is 0 Å². The molecule has 0 aliphatic heterocycles. The Morgan fingerprint density at radius 1 is 1.25 bits per heavy atom. The molecule has 16 heavy (non-hydrogen) atoms. The molecule has 0 N–H and O–H groups in total. The number of halogens is 2. The van der Waals surface area contributed by atoms with Crippen LogP contribution in [0.15, 0.2) is 23.8 Å². The summed E-state index contributed by atoms with van der Waals surface area (Å²) in [7, 11) is 0. The van der Waals surface area contributed by atoms with E-state index in [0.717, 1.165) is 10.2 Å². The second-order valence-electron chi connectivity index (χ2n) is 3.13. The maximum atomic E-state index is 6.02. The minimum atomic E-state index is 0.533. The van der Waals surface area contributed by atoms with Gasteiger partial charge in [-0.15, -0.1) is 22.7 Å². The first-order valence-corrected chi connectivity index (χ1v) is 7.54. The highest BCUT2D eigenvalue weighted by atomic mass is 127. The quantitative estimate of drug-likeness (QED) is 0.454. The molecule has 0 amide bonds. The van der Waals surface area contributed by atoms with Crippen molar-refractivity contribution in [2.75, 3.05) is 0 Å². The van der Waals surface area contributed by atoms with Crippen molar-refractivity contribution in [1.29, 1.82) is 0 Å². The summed E-state index contributed by atoms with van der Waals surface area (Å²) >= 11 is 11.7. The van der Waals surface area contributed by atoms with Crippen LogP contribution in [0, 0.1) is 2.88 Å². The molecule has 0 aliphatic rings. The maximum absolute atomic E-state index is 6.02. The van der Waals surface area contributed by atoms with Gasteiger partial charge in [0.25, 0.3) is 0 Å². The van der Waals surface area contributed by atoms with E-state index in [-0.39, 0.29) is 0 Å². The zero-order valence-electron chi connectivity index (χ0n) is 7.78. The highest BCUT2D eigenvalue weighted by molar-refractivity contribution is 14.1. The predicted molar refractivity (Wildman–Crippen MR) is 78.5 cm³/mol. The van der Waals surface area contributed by atoms with E-state index in [1.807, 2.05) is 0 Å². The number of fused-ring (bicyclic) bond motifs is 1. The lowest BCUT2D eigenvalue weighted by molar-refractivity contribution is 1.23. The van der Waals surface area contributed by atoms with Crippen LogP contribution in [0.25, 0.3) is 20.7 Å². The van der Waals surface area contributed by atoms with Crippen LogP contribution in [0.5, 0.6) is 0 Å². The molecule has 0 unspecified atom stereocenters. The fourth-order valence-electron chi connectivity index (χ4n) is 1.41. The van der Waals surface area contributed by atoms with Crippen molar-refractivity contribution in [3.63, 3.8) is 0 Å². The van der Waals surface area contributed by atoms with Gasteiger partial charge >= 0.3 is 0 Å². The van der Waals surface area contributed by atoms with E-state index in [4.69, 9.17) is 11.6 Å². The Balaban J connectivity index is 2.22. The van der Waals surface area contributed by atoms with Crippen molar-refractivity contribution < 1.29 is 0 Å². The third-order valence-corrected chi connectivity index (χ3v) is 5.49. The molecule has 2 nitrogen and oxygen atoms in total. The van der Waals surface area contributed by atoms with Gasteiger partial charge in [0.05, 0.1) is 13.1 Å². The Labute approximate surface area is 118 Å². The largest absolute Gasteiger partial charge is 0.235 e. The second kappa shape index (κ2) is 4.21. The first-order chi connectivity index (χ1) is 7.74. The van der Waals surface area contributed by atoms with Gasteiger partial charge in [0.1, 0.15) is 11.5 Å². The Bertz CT molecular complexity index is 662.